The lowest BCUT2D eigenvalue weighted by molar-refractivity contribution is 1.67. The molecule has 0 aliphatic rings. The second-order valence-electron chi connectivity index (χ2n) is 4.23. The predicted octanol–water partition coefficient (Wildman–Crippen LogP) is 3.96. The number of hydrogen-bond donors (Lipinski definition) is 0. The minimum absolute atomic E-state index is 0.825. The Morgan fingerprint density at radius 3 is 2.11 bits per heavy atom. The summed E-state index contributed by atoms with van der Waals surface area (Å²) in [5, 5.41) is 4.56. The summed E-state index contributed by atoms with van der Waals surface area (Å²) in [5.74, 6) is 5.36. The van der Waals surface area contributed by atoms with E-state index < -0.39 is 0 Å². The number of benzene rings is 3. The van der Waals surface area contributed by atoms with Crippen molar-refractivity contribution in [2.24, 2.45) is 0 Å². The average Bonchev–Trinajstić information content (AvgIpc) is 2.43. The summed E-state index contributed by atoms with van der Waals surface area (Å²) in [6.07, 6.45) is 11.0. The van der Waals surface area contributed by atoms with E-state index in [1.54, 1.807) is 0 Å². The van der Waals surface area contributed by atoms with E-state index in [0.717, 1.165) is 21.9 Å². The van der Waals surface area contributed by atoms with Crippen molar-refractivity contribution in [1.82, 2.24) is 0 Å². The maximum Gasteiger partial charge on any atom is 0.0333 e. The second kappa shape index (κ2) is 3.95. The molecule has 0 N–H and O–H groups in total. The van der Waals surface area contributed by atoms with Gasteiger partial charge in [0.2, 0.25) is 0 Å². The predicted molar refractivity (Wildman–Crippen MR) is 77.3 cm³/mol. The van der Waals surface area contributed by atoms with Gasteiger partial charge in [0.25, 0.3) is 0 Å². The first-order chi connectivity index (χ1) is 8.81. The molecule has 0 amide bonds. The van der Waals surface area contributed by atoms with Crippen LogP contribution in [0.4, 0.5) is 0 Å². The quantitative estimate of drug-likeness (QED) is 0.402. The Balaban J connectivity index is 2.51. The van der Waals surface area contributed by atoms with Crippen LogP contribution >= 0.6 is 0 Å². The first-order valence-corrected chi connectivity index (χ1v) is 5.71. The fourth-order valence-electron chi connectivity index (χ4n) is 2.26. The third kappa shape index (κ3) is 1.53. The van der Waals surface area contributed by atoms with Crippen molar-refractivity contribution in [3.05, 3.63) is 59.7 Å². The standard InChI is InChI=1S/C18H10/c1-3-13-9-14(4-2)18-12-16-8-6-5-7-15(16)11-17(18)10-13/h1-2,5-12H. The molecule has 0 saturated carbocycles. The Morgan fingerprint density at radius 2 is 1.44 bits per heavy atom. The van der Waals surface area contributed by atoms with Crippen LogP contribution in [-0.2, 0) is 0 Å². The molecule has 0 fully saturated rings. The molecule has 0 radical (unpaired) electrons. The van der Waals surface area contributed by atoms with Crippen LogP contribution in [0.15, 0.2) is 48.5 Å². The molecule has 0 heteroatoms. The molecule has 0 atom stereocenters. The molecule has 3 aromatic carbocycles. The Kier molecular flexibility index (Phi) is 2.30. The lowest BCUT2D eigenvalue weighted by Gasteiger charge is -2.05. The molecule has 0 nitrogen and oxygen atoms in total. The van der Waals surface area contributed by atoms with E-state index in [9.17, 15) is 0 Å². The minimum Gasteiger partial charge on any atom is -0.115 e. The molecule has 0 heterocycles. The summed E-state index contributed by atoms with van der Waals surface area (Å²) in [7, 11) is 0. The van der Waals surface area contributed by atoms with Crippen LogP contribution in [0.1, 0.15) is 11.1 Å². The molecule has 0 aliphatic carbocycles. The highest BCUT2D eigenvalue weighted by Crippen LogP contribution is 2.26. The van der Waals surface area contributed by atoms with E-state index in [4.69, 9.17) is 12.8 Å². The highest BCUT2D eigenvalue weighted by molar-refractivity contribution is 6.01. The average molecular weight is 226 g/mol. The molecule has 18 heavy (non-hydrogen) atoms. The molecule has 0 aliphatic heterocycles. The van der Waals surface area contributed by atoms with Crippen LogP contribution in [0.3, 0.4) is 0 Å². The van der Waals surface area contributed by atoms with Crippen LogP contribution in [0, 0.1) is 24.7 Å². The molecule has 3 rings (SSSR count). The van der Waals surface area contributed by atoms with Gasteiger partial charge in [0.1, 0.15) is 0 Å². The van der Waals surface area contributed by atoms with Crippen LogP contribution in [0.2, 0.25) is 0 Å². The number of rotatable bonds is 0. The van der Waals surface area contributed by atoms with Gasteiger partial charge in [-0.15, -0.1) is 12.8 Å². The summed E-state index contributed by atoms with van der Waals surface area (Å²) in [6, 6.07) is 16.4. The highest BCUT2D eigenvalue weighted by Gasteiger charge is 2.03. The van der Waals surface area contributed by atoms with Crippen LogP contribution in [0.25, 0.3) is 21.5 Å². The largest absolute Gasteiger partial charge is 0.115 e. The van der Waals surface area contributed by atoms with E-state index >= 15 is 0 Å². The first-order valence-electron chi connectivity index (χ1n) is 5.71. The number of hydrogen-bond acceptors (Lipinski definition) is 0. The van der Waals surface area contributed by atoms with Gasteiger partial charge >= 0.3 is 0 Å². The van der Waals surface area contributed by atoms with Crippen LogP contribution in [-0.4, -0.2) is 0 Å². The summed E-state index contributed by atoms with van der Waals surface area (Å²) >= 11 is 0. The zero-order valence-corrected chi connectivity index (χ0v) is 9.77. The van der Waals surface area contributed by atoms with Gasteiger partial charge in [-0.25, -0.2) is 0 Å². The van der Waals surface area contributed by atoms with Crippen molar-refractivity contribution in [1.29, 1.82) is 0 Å². The van der Waals surface area contributed by atoms with E-state index in [-0.39, 0.29) is 0 Å². The summed E-state index contributed by atoms with van der Waals surface area (Å²) in [4.78, 5) is 0. The Hall–Kier alpha value is -2.70. The third-order valence-electron chi connectivity index (χ3n) is 3.14. The van der Waals surface area contributed by atoms with Gasteiger partial charge in [0.15, 0.2) is 0 Å². The second-order valence-corrected chi connectivity index (χ2v) is 4.23. The van der Waals surface area contributed by atoms with E-state index in [1.165, 1.54) is 10.8 Å². The zero-order valence-electron chi connectivity index (χ0n) is 9.77. The van der Waals surface area contributed by atoms with Crippen LogP contribution < -0.4 is 0 Å². The molecule has 0 spiro atoms. The van der Waals surface area contributed by atoms with Gasteiger partial charge in [-0.1, -0.05) is 36.1 Å². The fourth-order valence-corrected chi connectivity index (χ4v) is 2.26. The van der Waals surface area contributed by atoms with Crippen molar-refractivity contribution >= 4 is 21.5 Å². The maximum absolute atomic E-state index is 5.56. The zero-order chi connectivity index (χ0) is 12.5. The summed E-state index contributed by atoms with van der Waals surface area (Å²) < 4.78 is 0. The molecule has 0 unspecified atom stereocenters. The van der Waals surface area contributed by atoms with Crippen molar-refractivity contribution in [3.8, 4) is 24.7 Å². The van der Waals surface area contributed by atoms with Crippen molar-refractivity contribution in [2.45, 2.75) is 0 Å². The van der Waals surface area contributed by atoms with Crippen molar-refractivity contribution in [2.75, 3.05) is 0 Å². The molecule has 0 saturated heterocycles. The fraction of sp³-hybridized carbons (Fsp3) is 0. The Labute approximate surface area is 106 Å². The molecule has 3 aromatic rings. The molecular weight excluding hydrogens is 216 g/mol. The van der Waals surface area contributed by atoms with Crippen molar-refractivity contribution < 1.29 is 0 Å². The first kappa shape index (κ1) is 10.5. The van der Waals surface area contributed by atoms with Crippen LogP contribution in [0.5, 0.6) is 0 Å². The van der Waals surface area contributed by atoms with E-state index in [0.29, 0.717) is 0 Å². The third-order valence-corrected chi connectivity index (χ3v) is 3.14. The smallest absolute Gasteiger partial charge is 0.0333 e. The molecule has 0 aromatic heterocycles. The van der Waals surface area contributed by atoms with E-state index in [1.807, 2.05) is 24.3 Å². The Morgan fingerprint density at radius 1 is 0.722 bits per heavy atom. The minimum atomic E-state index is 0.825. The van der Waals surface area contributed by atoms with Gasteiger partial charge in [-0.05, 0) is 45.8 Å². The highest BCUT2D eigenvalue weighted by atomic mass is 14.1. The normalized spacial score (nSPS) is 10.1. The van der Waals surface area contributed by atoms with E-state index in [2.05, 4.69) is 36.1 Å². The SMILES string of the molecule is C#Cc1cc(C#C)c2cc3ccccc3cc2c1. The monoisotopic (exact) mass is 226 g/mol. The summed E-state index contributed by atoms with van der Waals surface area (Å²) in [5.41, 5.74) is 1.68. The lowest BCUT2D eigenvalue weighted by Crippen LogP contribution is -1.84. The molecular formula is C18H10. The van der Waals surface area contributed by atoms with Gasteiger partial charge in [-0.3, -0.25) is 0 Å². The van der Waals surface area contributed by atoms with Gasteiger partial charge < -0.3 is 0 Å². The number of fused-ring (bicyclic) bond motifs is 2. The maximum atomic E-state index is 5.56. The Bertz CT molecular complexity index is 839. The van der Waals surface area contributed by atoms with Gasteiger partial charge in [0.05, 0.1) is 0 Å². The van der Waals surface area contributed by atoms with Crippen molar-refractivity contribution in [3.63, 3.8) is 0 Å². The topological polar surface area (TPSA) is 0 Å². The number of terminal acetylenes is 2. The lowest BCUT2D eigenvalue weighted by atomic mass is 9.98. The van der Waals surface area contributed by atoms with Gasteiger partial charge in [-0.2, -0.15) is 0 Å². The molecule has 0 bridgehead atoms. The summed E-state index contributed by atoms with van der Waals surface area (Å²) in [6.45, 7) is 0. The van der Waals surface area contributed by atoms with Gasteiger partial charge in [0, 0.05) is 11.1 Å². The molecule has 82 valence electrons.